The SMILES string of the molecule is O=C(CNc1ccccc1Cl)Nc1ccc(OC(F)(F)F)cc1. The van der Waals surface area contributed by atoms with Gasteiger partial charge in [0.1, 0.15) is 5.75 Å². The number of benzene rings is 2. The summed E-state index contributed by atoms with van der Waals surface area (Å²) in [6, 6.07) is 11.8. The molecule has 0 atom stereocenters. The summed E-state index contributed by atoms with van der Waals surface area (Å²) < 4.78 is 39.8. The molecule has 0 saturated heterocycles. The molecular formula is C15H12ClF3N2O2. The second kappa shape index (κ2) is 7.23. The van der Waals surface area contributed by atoms with Crippen LogP contribution in [0.3, 0.4) is 0 Å². The lowest BCUT2D eigenvalue weighted by atomic mass is 10.3. The molecule has 0 aliphatic heterocycles. The smallest absolute Gasteiger partial charge is 0.406 e. The maximum Gasteiger partial charge on any atom is 0.573 e. The predicted octanol–water partition coefficient (Wildman–Crippen LogP) is 4.29. The first-order chi connectivity index (χ1) is 10.8. The van der Waals surface area contributed by atoms with Crippen LogP contribution in [-0.4, -0.2) is 18.8 Å². The fourth-order valence-corrected chi connectivity index (χ4v) is 1.93. The lowest BCUT2D eigenvalue weighted by Crippen LogP contribution is -2.22. The van der Waals surface area contributed by atoms with Gasteiger partial charge in [-0.25, -0.2) is 0 Å². The number of hydrogen-bond donors (Lipinski definition) is 2. The molecule has 122 valence electrons. The number of rotatable bonds is 5. The minimum absolute atomic E-state index is 0.0372. The number of anilines is 2. The van der Waals surface area contributed by atoms with E-state index >= 15 is 0 Å². The van der Waals surface area contributed by atoms with Gasteiger partial charge in [-0.05, 0) is 36.4 Å². The van der Waals surface area contributed by atoms with Crippen LogP contribution in [-0.2, 0) is 4.79 Å². The van der Waals surface area contributed by atoms with Crippen LogP contribution in [0.1, 0.15) is 0 Å². The van der Waals surface area contributed by atoms with Gasteiger partial charge in [0.25, 0.3) is 0 Å². The highest BCUT2D eigenvalue weighted by Crippen LogP contribution is 2.24. The van der Waals surface area contributed by atoms with Crippen molar-refractivity contribution in [3.63, 3.8) is 0 Å². The van der Waals surface area contributed by atoms with Crippen LogP contribution in [0.2, 0.25) is 5.02 Å². The monoisotopic (exact) mass is 344 g/mol. The topological polar surface area (TPSA) is 50.4 Å². The fourth-order valence-electron chi connectivity index (χ4n) is 1.73. The molecule has 0 heterocycles. The largest absolute Gasteiger partial charge is 0.573 e. The van der Waals surface area contributed by atoms with Crippen LogP contribution < -0.4 is 15.4 Å². The summed E-state index contributed by atoms with van der Waals surface area (Å²) >= 11 is 5.94. The van der Waals surface area contributed by atoms with Crippen LogP contribution in [0.5, 0.6) is 5.75 Å². The minimum Gasteiger partial charge on any atom is -0.406 e. The Balaban J connectivity index is 1.87. The van der Waals surface area contributed by atoms with Crippen LogP contribution in [0.25, 0.3) is 0 Å². The standard InChI is InChI=1S/C15H12ClF3N2O2/c16-12-3-1-2-4-13(12)20-9-14(22)21-10-5-7-11(8-6-10)23-15(17,18)19/h1-8,20H,9H2,(H,21,22). The lowest BCUT2D eigenvalue weighted by Gasteiger charge is -2.11. The Labute approximate surface area is 135 Å². The number of para-hydroxylation sites is 1. The number of nitrogens with one attached hydrogen (secondary N) is 2. The third-order valence-electron chi connectivity index (χ3n) is 2.68. The molecule has 0 radical (unpaired) electrons. The third-order valence-corrected chi connectivity index (χ3v) is 3.01. The van der Waals surface area contributed by atoms with Crippen molar-refractivity contribution in [2.75, 3.05) is 17.2 Å². The summed E-state index contributed by atoms with van der Waals surface area (Å²) in [5.74, 6) is -0.723. The summed E-state index contributed by atoms with van der Waals surface area (Å²) in [5.41, 5.74) is 0.962. The van der Waals surface area contributed by atoms with E-state index in [4.69, 9.17) is 11.6 Å². The van der Waals surface area contributed by atoms with E-state index in [-0.39, 0.29) is 18.2 Å². The molecule has 0 saturated carbocycles. The number of amides is 1. The first kappa shape index (κ1) is 17.0. The number of hydrogen-bond acceptors (Lipinski definition) is 3. The second-order valence-electron chi connectivity index (χ2n) is 4.45. The summed E-state index contributed by atoms with van der Waals surface area (Å²) in [7, 11) is 0. The van der Waals surface area contributed by atoms with E-state index < -0.39 is 6.36 Å². The van der Waals surface area contributed by atoms with Gasteiger partial charge in [0, 0.05) is 5.69 Å². The maximum absolute atomic E-state index is 12.0. The predicted molar refractivity (Wildman–Crippen MR) is 81.7 cm³/mol. The Kier molecular flexibility index (Phi) is 5.33. The molecule has 2 rings (SSSR count). The van der Waals surface area contributed by atoms with E-state index in [0.717, 1.165) is 12.1 Å². The van der Waals surface area contributed by atoms with Crippen molar-refractivity contribution in [3.05, 3.63) is 53.6 Å². The maximum atomic E-state index is 12.0. The van der Waals surface area contributed by atoms with Crippen LogP contribution in [0.15, 0.2) is 48.5 Å². The third kappa shape index (κ3) is 5.71. The van der Waals surface area contributed by atoms with E-state index in [9.17, 15) is 18.0 Å². The van der Waals surface area contributed by atoms with Gasteiger partial charge in [0.05, 0.1) is 17.3 Å². The van der Waals surface area contributed by atoms with Gasteiger partial charge in [-0.1, -0.05) is 23.7 Å². The van der Waals surface area contributed by atoms with Crippen molar-refractivity contribution in [1.29, 1.82) is 0 Å². The van der Waals surface area contributed by atoms with Gasteiger partial charge in [-0.15, -0.1) is 13.2 Å². The van der Waals surface area contributed by atoms with Crippen molar-refractivity contribution in [3.8, 4) is 5.75 Å². The molecule has 2 aromatic carbocycles. The summed E-state index contributed by atoms with van der Waals surface area (Å²) in [4.78, 5) is 11.8. The van der Waals surface area contributed by atoms with E-state index in [0.29, 0.717) is 16.4 Å². The van der Waals surface area contributed by atoms with Crippen molar-refractivity contribution in [2.45, 2.75) is 6.36 Å². The lowest BCUT2D eigenvalue weighted by molar-refractivity contribution is -0.274. The van der Waals surface area contributed by atoms with Crippen LogP contribution in [0, 0.1) is 0 Å². The van der Waals surface area contributed by atoms with Gasteiger partial charge in [0.15, 0.2) is 0 Å². The number of carbonyl (C=O) groups excluding carboxylic acids is 1. The highest BCUT2D eigenvalue weighted by molar-refractivity contribution is 6.33. The molecule has 23 heavy (non-hydrogen) atoms. The Bertz CT molecular complexity index is 675. The molecule has 1 amide bonds. The van der Waals surface area contributed by atoms with E-state index in [2.05, 4.69) is 15.4 Å². The summed E-state index contributed by atoms with van der Waals surface area (Å²) in [6.45, 7) is -0.0372. The van der Waals surface area contributed by atoms with E-state index in [1.807, 2.05) is 0 Å². The number of alkyl halides is 3. The van der Waals surface area contributed by atoms with Gasteiger partial charge >= 0.3 is 6.36 Å². The molecule has 8 heteroatoms. The Morgan fingerprint density at radius 3 is 2.35 bits per heavy atom. The zero-order valence-electron chi connectivity index (χ0n) is 11.7. The minimum atomic E-state index is -4.75. The summed E-state index contributed by atoms with van der Waals surface area (Å²) in [6.07, 6.45) is -4.75. The van der Waals surface area contributed by atoms with Gasteiger partial charge in [0.2, 0.25) is 5.91 Å². The molecule has 0 spiro atoms. The molecule has 0 bridgehead atoms. The fraction of sp³-hybridized carbons (Fsp3) is 0.133. The first-order valence-electron chi connectivity index (χ1n) is 6.47. The highest BCUT2D eigenvalue weighted by atomic mass is 35.5. The van der Waals surface area contributed by atoms with Crippen LogP contribution >= 0.6 is 11.6 Å². The van der Waals surface area contributed by atoms with Crippen molar-refractivity contribution in [1.82, 2.24) is 0 Å². The van der Waals surface area contributed by atoms with Crippen LogP contribution in [0.4, 0.5) is 24.5 Å². The summed E-state index contributed by atoms with van der Waals surface area (Å²) in [5, 5.41) is 5.88. The molecule has 0 aliphatic carbocycles. The van der Waals surface area contributed by atoms with Crippen molar-refractivity contribution < 1.29 is 22.7 Å². The Morgan fingerprint density at radius 2 is 1.74 bits per heavy atom. The number of carbonyl (C=O) groups is 1. The van der Waals surface area contributed by atoms with Gasteiger partial charge in [-0.2, -0.15) is 0 Å². The van der Waals surface area contributed by atoms with Crippen molar-refractivity contribution >= 4 is 28.9 Å². The number of ether oxygens (including phenoxy) is 1. The Hall–Kier alpha value is -2.41. The molecule has 0 unspecified atom stereocenters. The zero-order chi connectivity index (χ0) is 16.9. The molecule has 0 aromatic heterocycles. The van der Waals surface area contributed by atoms with Gasteiger partial charge < -0.3 is 15.4 Å². The quantitative estimate of drug-likeness (QED) is 0.850. The molecule has 2 aromatic rings. The average Bonchev–Trinajstić information content (AvgIpc) is 2.47. The second-order valence-corrected chi connectivity index (χ2v) is 4.86. The Morgan fingerprint density at radius 1 is 1.09 bits per heavy atom. The zero-order valence-corrected chi connectivity index (χ0v) is 12.4. The molecule has 2 N–H and O–H groups in total. The van der Waals surface area contributed by atoms with Crippen molar-refractivity contribution in [2.24, 2.45) is 0 Å². The number of halogens is 4. The van der Waals surface area contributed by atoms with E-state index in [1.54, 1.807) is 24.3 Å². The first-order valence-corrected chi connectivity index (χ1v) is 6.85. The average molecular weight is 345 g/mol. The normalized spacial score (nSPS) is 11.0. The highest BCUT2D eigenvalue weighted by Gasteiger charge is 2.30. The molecular weight excluding hydrogens is 333 g/mol. The van der Waals surface area contributed by atoms with Gasteiger partial charge in [-0.3, -0.25) is 4.79 Å². The molecule has 4 nitrogen and oxygen atoms in total. The molecule has 0 aliphatic rings. The molecule has 0 fully saturated rings. The van der Waals surface area contributed by atoms with E-state index in [1.165, 1.54) is 12.1 Å².